The molecule has 0 radical (unpaired) electrons. The van der Waals surface area contributed by atoms with Gasteiger partial charge in [-0.1, -0.05) is 79.4 Å². The Labute approximate surface area is 251 Å². The van der Waals surface area contributed by atoms with Gasteiger partial charge < -0.3 is 10.2 Å². The van der Waals surface area contributed by atoms with Crippen molar-refractivity contribution in [3.63, 3.8) is 0 Å². The van der Waals surface area contributed by atoms with Crippen LogP contribution in [0.5, 0.6) is 0 Å². The number of benzene rings is 3. The third-order valence-electron chi connectivity index (χ3n) is 8.34. The third kappa shape index (κ3) is 7.59. The maximum atomic E-state index is 14.2. The van der Waals surface area contributed by atoms with E-state index in [1.54, 1.807) is 43.3 Å². The highest BCUT2D eigenvalue weighted by Crippen LogP contribution is 2.29. The third-order valence-corrected chi connectivity index (χ3v) is 10.1. The average Bonchev–Trinajstić information content (AvgIpc) is 2.98. The van der Waals surface area contributed by atoms with Crippen LogP contribution in [0.3, 0.4) is 0 Å². The van der Waals surface area contributed by atoms with Gasteiger partial charge in [0.15, 0.2) is 0 Å². The molecule has 8 heteroatoms. The molecule has 3 aromatic carbocycles. The topological polar surface area (TPSA) is 86.8 Å². The Kier molecular flexibility index (Phi) is 10.4. The summed E-state index contributed by atoms with van der Waals surface area (Å²) in [5.41, 5.74) is 4.12. The normalized spacial score (nSPS) is 14.7. The number of nitrogens with one attached hydrogen (secondary N) is 1. The van der Waals surface area contributed by atoms with Crippen molar-refractivity contribution in [1.29, 1.82) is 0 Å². The van der Waals surface area contributed by atoms with Gasteiger partial charge in [0.2, 0.25) is 11.8 Å². The van der Waals surface area contributed by atoms with Crippen LogP contribution in [-0.2, 0) is 26.0 Å². The Balaban J connectivity index is 1.67. The van der Waals surface area contributed by atoms with Gasteiger partial charge in [0.1, 0.15) is 12.6 Å². The fourth-order valence-corrected chi connectivity index (χ4v) is 6.97. The molecule has 0 bridgehead atoms. The molecule has 2 amide bonds. The second-order valence-electron chi connectivity index (χ2n) is 11.4. The lowest BCUT2D eigenvalue weighted by Gasteiger charge is -2.33. The summed E-state index contributed by atoms with van der Waals surface area (Å²) in [7, 11) is -4.09. The zero-order valence-electron chi connectivity index (χ0n) is 25.2. The molecule has 1 saturated carbocycles. The number of amides is 2. The largest absolute Gasteiger partial charge is 0.352 e. The van der Waals surface area contributed by atoms with Crippen LogP contribution < -0.4 is 9.62 Å². The number of sulfonamides is 1. The van der Waals surface area contributed by atoms with Crippen LogP contribution in [0, 0.1) is 20.8 Å². The highest BCUT2D eigenvalue weighted by atomic mass is 32.2. The fraction of sp³-hybridized carbons (Fsp3) is 0.412. The monoisotopic (exact) mass is 589 g/mol. The molecule has 0 spiro atoms. The minimum absolute atomic E-state index is 0.105. The molecule has 224 valence electrons. The SMILES string of the molecule is Cc1ccc(S(=O)(=O)N(CC(=O)N(CCc2ccccc2)[C@@H](C)C(=O)NC2CCCCC2)c2cccc(C)c2C)cc1. The van der Waals surface area contributed by atoms with Crippen molar-refractivity contribution in [2.24, 2.45) is 0 Å². The summed E-state index contributed by atoms with van der Waals surface area (Å²) < 4.78 is 29.4. The van der Waals surface area contributed by atoms with E-state index in [4.69, 9.17) is 0 Å². The molecule has 0 saturated heterocycles. The van der Waals surface area contributed by atoms with Crippen LogP contribution in [-0.4, -0.2) is 50.3 Å². The number of rotatable bonds is 11. The van der Waals surface area contributed by atoms with Gasteiger partial charge in [-0.25, -0.2) is 8.42 Å². The van der Waals surface area contributed by atoms with Crippen LogP contribution in [0.25, 0.3) is 0 Å². The summed E-state index contributed by atoms with van der Waals surface area (Å²) in [4.78, 5) is 29.2. The lowest BCUT2D eigenvalue weighted by molar-refractivity contribution is -0.139. The van der Waals surface area contributed by atoms with E-state index in [2.05, 4.69) is 5.32 Å². The molecule has 42 heavy (non-hydrogen) atoms. The van der Waals surface area contributed by atoms with Crippen molar-refractivity contribution in [2.75, 3.05) is 17.4 Å². The van der Waals surface area contributed by atoms with E-state index >= 15 is 0 Å². The summed E-state index contributed by atoms with van der Waals surface area (Å²) in [6.07, 6.45) is 5.75. The number of anilines is 1. The van der Waals surface area contributed by atoms with E-state index in [0.29, 0.717) is 12.1 Å². The summed E-state index contributed by atoms with van der Waals surface area (Å²) >= 11 is 0. The summed E-state index contributed by atoms with van der Waals surface area (Å²) in [6, 6.07) is 21.2. The van der Waals surface area contributed by atoms with E-state index in [1.165, 1.54) is 15.6 Å². The molecule has 0 aliphatic heterocycles. The summed E-state index contributed by atoms with van der Waals surface area (Å²) in [6.45, 7) is 7.27. The molecule has 7 nitrogen and oxygen atoms in total. The standard InChI is InChI=1S/C34H43N3O4S/c1-25-18-20-31(21-19-25)42(40,41)37(32-17-11-12-26(2)27(32)3)24-33(38)36(23-22-29-13-7-5-8-14-29)28(4)34(39)35-30-15-9-6-10-16-30/h5,7-8,11-14,17-21,28,30H,6,9-10,15-16,22-24H2,1-4H3,(H,35,39)/t28-/m0/s1. The second-order valence-corrected chi connectivity index (χ2v) is 13.2. The molecule has 3 aromatic rings. The molecule has 1 fully saturated rings. The number of hydrogen-bond donors (Lipinski definition) is 1. The van der Waals surface area contributed by atoms with Gasteiger partial charge in [0.05, 0.1) is 10.6 Å². The molecular weight excluding hydrogens is 546 g/mol. The first-order chi connectivity index (χ1) is 20.1. The Morgan fingerprint density at radius 2 is 1.55 bits per heavy atom. The number of hydrogen-bond acceptors (Lipinski definition) is 4. The summed E-state index contributed by atoms with van der Waals surface area (Å²) in [5.74, 6) is -0.628. The van der Waals surface area contributed by atoms with Crippen LogP contribution in [0.2, 0.25) is 0 Å². The van der Waals surface area contributed by atoms with Crippen LogP contribution in [0.1, 0.15) is 61.3 Å². The average molecular weight is 590 g/mol. The highest BCUT2D eigenvalue weighted by Gasteiger charge is 2.33. The molecule has 0 unspecified atom stereocenters. The number of carbonyl (C=O) groups is 2. The molecule has 1 N–H and O–H groups in total. The molecule has 0 aromatic heterocycles. The van der Waals surface area contributed by atoms with Gasteiger partial charge in [-0.2, -0.15) is 0 Å². The molecule has 4 rings (SSSR count). The van der Waals surface area contributed by atoms with Gasteiger partial charge in [-0.15, -0.1) is 0 Å². The molecule has 1 atom stereocenters. The smallest absolute Gasteiger partial charge is 0.264 e. The Morgan fingerprint density at radius 3 is 2.21 bits per heavy atom. The van der Waals surface area contributed by atoms with E-state index in [9.17, 15) is 18.0 Å². The second kappa shape index (κ2) is 14.0. The van der Waals surface area contributed by atoms with Crippen LogP contribution in [0.4, 0.5) is 5.69 Å². The lowest BCUT2D eigenvalue weighted by atomic mass is 9.95. The van der Waals surface area contributed by atoms with Gasteiger partial charge >= 0.3 is 0 Å². The van der Waals surface area contributed by atoms with Crippen molar-refractivity contribution < 1.29 is 18.0 Å². The van der Waals surface area contributed by atoms with E-state index in [1.807, 2.05) is 57.2 Å². The molecule has 0 heterocycles. The molecular formula is C34H43N3O4S. The van der Waals surface area contributed by atoms with Crippen molar-refractivity contribution in [2.45, 2.75) is 83.2 Å². The van der Waals surface area contributed by atoms with E-state index in [-0.39, 0.29) is 23.4 Å². The van der Waals surface area contributed by atoms with Crippen molar-refractivity contribution in [1.82, 2.24) is 10.2 Å². The van der Waals surface area contributed by atoms with Gasteiger partial charge in [-0.3, -0.25) is 13.9 Å². The molecule has 1 aliphatic carbocycles. The van der Waals surface area contributed by atoms with E-state index in [0.717, 1.165) is 47.9 Å². The predicted octanol–water partition coefficient (Wildman–Crippen LogP) is 5.72. The minimum atomic E-state index is -4.09. The van der Waals surface area contributed by atoms with Gasteiger partial charge in [0, 0.05) is 12.6 Å². The fourth-order valence-electron chi connectivity index (χ4n) is 5.50. The van der Waals surface area contributed by atoms with Gasteiger partial charge in [0.25, 0.3) is 10.0 Å². The number of carbonyl (C=O) groups excluding carboxylic acids is 2. The van der Waals surface area contributed by atoms with Crippen molar-refractivity contribution in [3.8, 4) is 0 Å². The van der Waals surface area contributed by atoms with E-state index < -0.39 is 28.5 Å². The molecule has 1 aliphatic rings. The predicted molar refractivity (Wildman–Crippen MR) is 168 cm³/mol. The zero-order valence-corrected chi connectivity index (χ0v) is 26.0. The maximum absolute atomic E-state index is 14.2. The van der Waals surface area contributed by atoms with Crippen molar-refractivity contribution in [3.05, 3.63) is 95.1 Å². The van der Waals surface area contributed by atoms with Crippen LogP contribution in [0.15, 0.2) is 77.7 Å². The van der Waals surface area contributed by atoms with Gasteiger partial charge in [-0.05, 0) is 81.8 Å². The maximum Gasteiger partial charge on any atom is 0.264 e. The van der Waals surface area contributed by atoms with Crippen LogP contribution >= 0.6 is 0 Å². The minimum Gasteiger partial charge on any atom is -0.352 e. The summed E-state index contributed by atoms with van der Waals surface area (Å²) in [5, 5.41) is 3.15. The first-order valence-electron chi connectivity index (χ1n) is 14.9. The number of nitrogens with zero attached hydrogens (tertiary/aromatic N) is 2. The lowest BCUT2D eigenvalue weighted by Crippen LogP contribution is -2.53. The first-order valence-corrected chi connectivity index (χ1v) is 16.3. The van der Waals surface area contributed by atoms with Crippen molar-refractivity contribution >= 4 is 27.5 Å². The quantitative estimate of drug-likeness (QED) is 0.310. The number of aryl methyl sites for hydroxylation is 2. The Hall–Kier alpha value is -3.65. The zero-order chi connectivity index (χ0) is 30.3. The highest BCUT2D eigenvalue weighted by molar-refractivity contribution is 7.92. The first kappa shape index (κ1) is 31.3. The Bertz CT molecular complexity index is 1470. The Morgan fingerprint density at radius 1 is 0.881 bits per heavy atom.